The number of aliphatic carboxylic acids is 1. The summed E-state index contributed by atoms with van der Waals surface area (Å²) in [4.78, 5) is 34.5. The van der Waals surface area contributed by atoms with Gasteiger partial charge in [0.15, 0.2) is 6.04 Å². The van der Waals surface area contributed by atoms with Gasteiger partial charge in [-0.05, 0) is 6.92 Å². The molecule has 0 fully saturated rings. The van der Waals surface area contributed by atoms with Gasteiger partial charge in [0.25, 0.3) is 0 Å². The summed E-state index contributed by atoms with van der Waals surface area (Å²) in [7, 11) is 3.16. The van der Waals surface area contributed by atoms with E-state index >= 15 is 0 Å². The number of amides is 4. The quantitative estimate of drug-likeness (QED) is 0.372. The van der Waals surface area contributed by atoms with Gasteiger partial charge >= 0.3 is 18.0 Å². The van der Waals surface area contributed by atoms with Crippen molar-refractivity contribution in [1.29, 1.82) is 0 Å². The Morgan fingerprint density at radius 1 is 1.16 bits per heavy atom. The van der Waals surface area contributed by atoms with Crippen LogP contribution in [0.1, 0.15) is 6.92 Å². The molecule has 5 N–H and O–H groups in total. The molecule has 0 aliphatic heterocycles. The van der Waals surface area contributed by atoms with Crippen LogP contribution in [0.3, 0.4) is 0 Å². The number of aliphatic hydroxyl groups excluding tert-OH is 1. The van der Waals surface area contributed by atoms with E-state index in [0.29, 0.717) is 0 Å². The maximum Gasteiger partial charge on any atom is 0.328 e. The predicted octanol–water partition coefficient (Wildman–Crippen LogP) is -1.61. The molecule has 19 heavy (non-hydrogen) atoms. The first-order valence-electron chi connectivity index (χ1n) is 5.66. The zero-order chi connectivity index (χ0) is 15.0. The molecule has 0 spiro atoms. The highest BCUT2D eigenvalue weighted by atomic mass is 16.4. The van der Waals surface area contributed by atoms with Gasteiger partial charge in [0.1, 0.15) is 0 Å². The summed E-state index contributed by atoms with van der Waals surface area (Å²) in [5.74, 6) is -1.33. The van der Waals surface area contributed by atoms with E-state index in [1.54, 1.807) is 14.1 Å². The first-order chi connectivity index (χ1) is 8.75. The average Bonchev–Trinajstić information content (AvgIpc) is 2.30. The number of hydrogen-bond acceptors (Lipinski definition) is 4. The smallest absolute Gasteiger partial charge is 0.328 e. The van der Waals surface area contributed by atoms with E-state index in [1.807, 2.05) is 0 Å². The molecule has 2 atom stereocenters. The topological polar surface area (TPSA) is 131 Å². The number of nitrogens with one attached hydrogen (secondary N) is 3. The van der Waals surface area contributed by atoms with Crippen LogP contribution in [-0.4, -0.2) is 72.5 Å². The van der Waals surface area contributed by atoms with Gasteiger partial charge in [-0.25, -0.2) is 14.4 Å². The maximum absolute atomic E-state index is 11.3. The van der Waals surface area contributed by atoms with E-state index in [2.05, 4.69) is 16.0 Å². The lowest BCUT2D eigenvalue weighted by molar-refractivity contribution is -0.141. The Bertz CT molecular complexity index is 332. The number of rotatable bonds is 6. The van der Waals surface area contributed by atoms with Crippen LogP contribution in [0.4, 0.5) is 9.59 Å². The molecule has 0 aromatic rings. The first kappa shape index (κ1) is 17.0. The summed E-state index contributed by atoms with van der Waals surface area (Å²) < 4.78 is 0. The molecule has 0 aromatic heterocycles. The third kappa shape index (κ3) is 7.09. The van der Waals surface area contributed by atoms with Crippen molar-refractivity contribution in [3.8, 4) is 0 Å². The number of carbonyl (C=O) groups is 3. The molecule has 0 aliphatic rings. The van der Waals surface area contributed by atoms with Crippen LogP contribution in [0.5, 0.6) is 0 Å². The summed E-state index contributed by atoms with van der Waals surface area (Å²) in [6.07, 6.45) is -1.21. The molecule has 0 saturated carbocycles. The molecule has 2 unspecified atom stereocenters. The van der Waals surface area contributed by atoms with Gasteiger partial charge in [0.2, 0.25) is 0 Å². The summed E-state index contributed by atoms with van der Waals surface area (Å²) in [5, 5.41) is 24.9. The van der Waals surface area contributed by atoms with Gasteiger partial charge in [0.05, 0.1) is 6.10 Å². The summed E-state index contributed by atoms with van der Waals surface area (Å²) in [6.45, 7) is 1.60. The fourth-order valence-electron chi connectivity index (χ4n) is 1.08. The Hall–Kier alpha value is -2.03. The zero-order valence-corrected chi connectivity index (χ0v) is 11.1. The monoisotopic (exact) mass is 276 g/mol. The average molecular weight is 276 g/mol. The Morgan fingerprint density at radius 2 is 1.68 bits per heavy atom. The normalized spacial score (nSPS) is 13.1. The minimum Gasteiger partial charge on any atom is -0.480 e. The zero-order valence-electron chi connectivity index (χ0n) is 11.1. The van der Waals surface area contributed by atoms with E-state index in [1.165, 1.54) is 11.8 Å². The molecule has 0 heterocycles. The third-order valence-electron chi connectivity index (χ3n) is 2.13. The highest BCUT2D eigenvalue weighted by molar-refractivity contribution is 5.83. The van der Waals surface area contributed by atoms with Crippen molar-refractivity contribution in [3.63, 3.8) is 0 Å². The Labute approximate surface area is 111 Å². The van der Waals surface area contributed by atoms with Crippen LogP contribution in [-0.2, 0) is 4.79 Å². The molecule has 9 nitrogen and oxygen atoms in total. The molecule has 4 amide bonds. The molecule has 0 saturated heterocycles. The van der Waals surface area contributed by atoms with Crippen LogP contribution in [0.25, 0.3) is 0 Å². The second kappa shape index (κ2) is 8.14. The highest BCUT2D eigenvalue weighted by Gasteiger charge is 2.24. The van der Waals surface area contributed by atoms with Crippen LogP contribution in [0.2, 0.25) is 0 Å². The number of carboxylic acids is 1. The van der Waals surface area contributed by atoms with Crippen LogP contribution >= 0.6 is 0 Å². The van der Waals surface area contributed by atoms with E-state index in [-0.39, 0.29) is 19.1 Å². The van der Waals surface area contributed by atoms with Crippen molar-refractivity contribution in [2.75, 3.05) is 27.2 Å². The minimum atomic E-state index is -1.38. The summed E-state index contributed by atoms with van der Waals surface area (Å²) in [6, 6.07) is -2.40. The van der Waals surface area contributed by atoms with E-state index < -0.39 is 24.1 Å². The molecule has 0 aliphatic carbocycles. The molecule has 0 radical (unpaired) electrons. The fourth-order valence-corrected chi connectivity index (χ4v) is 1.08. The lowest BCUT2D eigenvalue weighted by Crippen LogP contribution is -2.52. The van der Waals surface area contributed by atoms with Crippen molar-refractivity contribution >= 4 is 18.0 Å². The van der Waals surface area contributed by atoms with Crippen molar-refractivity contribution in [3.05, 3.63) is 0 Å². The van der Waals surface area contributed by atoms with Gasteiger partial charge in [-0.3, -0.25) is 0 Å². The molecule has 0 bridgehead atoms. The van der Waals surface area contributed by atoms with Crippen molar-refractivity contribution in [2.45, 2.75) is 19.1 Å². The van der Waals surface area contributed by atoms with Crippen LogP contribution in [0.15, 0.2) is 0 Å². The molecule has 0 rings (SSSR count). The van der Waals surface area contributed by atoms with Crippen molar-refractivity contribution in [1.82, 2.24) is 20.9 Å². The Balaban J connectivity index is 3.93. The van der Waals surface area contributed by atoms with Gasteiger partial charge in [0, 0.05) is 27.2 Å². The van der Waals surface area contributed by atoms with Gasteiger partial charge < -0.3 is 31.1 Å². The lowest BCUT2D eigenvalue weighted by Gasteiger charge is -2.17. The number of carboxylic acid groups (broad SMARTS) is 1. The molecule has 9 heteroatoms. The first-order valence-corrected chi connectivity index (χ1v) is 5.66. The van der Waals surface area contributed by atoms with Crippen LogP contribution < -0.4 is 16.0 Å². The number of carbonyl (C=O) groups excluding carboxylic acids is 2. The van der Waals surface area contributed by atoms with Gasteiger partial charge in [-0.15, -0.1) is 0 Å². The Morgan fingerprint density at radius 3 is 2.11 bits per heavy atom. The van der Waals surface area contributed by atoms with E-state index in [9.17, 15) is 14.4 Å². The van der Waals surface area contributed by atoms with Crippen molar-refractivity contribution in [2.24, 2.45) is 0 Å². The summed E-state index contributed by atoms with van der Waals surface area (Å²) >= 11 is 0. The van der Waals surface area contributed by atoms with Crippen LogP contribution in [0, 0.1) is 0 Å². The number of hydrogen-bond donors (Lipinski definition) is 5. The largest absolute Gasteiger partial charge is 0.480 e. The predicted molar refractivity (Wildman–Crippen MR) is 66.7 cm³/mol. The number of aliphatic hydroxyl groups is 1. The lowest BCUT2D eigenvalue weighted by atomic mass is 10.2. The third-order valence-corrected chi connectivity index (χ3v) is 2.13. The molecule has 0 aromatic carbocycles. The highest BCUT2D eigenvalue weighted by Crippen LogP contribution is 1.92. The maximum atomic E-state index is 11.3. The minimum absolute atomic E-state index is 0.136. The SMILES string of the molecule is CC(O)C(NC(=O)NCCNC(=O)N(C)C)C(=O)O. The van der Waals surface area contributed by atoms with E-state index in [0.717, 1.165) is 0 Å². The Kier molecular flexibility index (Phi) is 7.27. The molecular formula is C10H20N4O5. The van der Waals surface area contributed by atoms with Gasteiger partial charge in [-0.2, -0.15) is 0 Å². The summed E-state index contributed by atoms with van der Waals surface area (Å²) in [5.41, 5.74) is 0. The number of nitrogens with zero attached hydrogens (tertiary/aromatic N) is 1. The standard InChI is InChI=1S/C10H20N4O5/c1-6(15)7(8(16)17)13-9(18)11-4-5-12-10(19)14(2)3/h6-7,15H,4-5H2,1-3H3,(H,12,19)(H,16,17)(H2,11,13,18). The fraction of sp³-hybridized carbons (Fsp3) is 0.700. The molecule has 110 valence electrons. The molecular weight excluding hydrogens is 256 g/mol. The second-order valence-electron chi connectivity index (χ2n) is 4.08. The van der Waals surface area contributed by atoms with Gasteiger partial charge in [-0.1, -0.05) is 0 Å². The number of urea groups is 2. The second-order valence-corrected chi connectivity index (χ2v) is 4.08. The van der Waals surface area contributed by atoms with E-state index in [4.69, 9.17) is 10.2 Å². The van der Waals surface area contributed by atoms with Crippen molar-refractivity contribution < 1.29 is 24.6 Å².